The van der Waals surface area contributed by atoms with Crippen molar-refractivity contribution in [2.24, 2.45) is 4.99 Å². The number of nitrogens with one attached hydrogen (secondary N) is 1. The molecule has 0 saturated carbocycles. The van der Waals surface area contributed by atoms with Gasteiger partial charge in [0.1, 0.15) is 0 Å². The number of H-pyrrole nitrogens is 1. The van der Waals surface area contributed by atoms with Crippen LogP contribution in [0.5, 0.6) is 0 Å². The van der Waals surface area contributed by atoms with Crippen molar-refractivity contribution in [2.75, 3.05) is 0 Å². The van der Waals surface area contributed by atoms with Crippen molar-refractivity contribution >= 4 is 28.3 Å². The highest BCUT2D eigenvalue weighted by Gasteiger charge is 2.19. The zero-order valence-electron chi connectivity index (χ0n) is 12.7. The number of hydrogen-bond donors (Lipinski definition) is 1. The number of aromatic amines is 1. The van der Waals surface area contributed by atoms with Crippen LogP contribution in [0, 0.1) is 0 Å². The Morgan fingerprint density at radius 1 is 1.08 bits per heavy atom. The van der Waals surface area contributed by atoms with Crippen LogP contribution < -0.4 is 0 Å². The van der Waals surface area contributed by atoms with E-state index in [0.717, 1.165) is 44.3 Å². The molecule has 3 heterocycles. The summed E-state index contributed by atoms with van der Waals surface area (Å²) in [5.74, 6) is 0. The van der Waals surface area contributed by atoms with Crippen molar-refractivity contribution in [3.63, 3.8) is 0 Å². The molecule has 1 aliphatic heterocycles. The van der Waals surface area contributed by atoms with E-state index in [4.69, 9.17) is 16.6 Å². The van der Waals surface area contributed by atoms with Crippen LogP contribution in [0.4, 0.5) is 0 Å². The molecule has 4 nitrogen and oxygen atoms in total. The van der Waals surface area contributed by atoms with Crippen molar-refractivity contribution in [3.8, 4) is 5.69 Å². The molecule has 2 aromatic heterocycles. The summed E-state index contributed by atoms with van der Waals surface area (Å²) in [4.78, 5) is 12.3. The Morgan fingerprint density at radius 2 is 2.04 bits per heavy atom. The van der Waals surface area contributed by atoms with Gasteiger partial charge in [-0.2, -0.15) is 0 Å². The van der Waals surface area contributed by atoms with Gasteiger partial charge in [0.2, 0.25) is 0 Å². The lowest BCUT2D eigenvalue weighted by Gasteiger charge is -2.11. The Kier molecular flexibility index (Phi) is 2.87. The van der Waals surface area contributed by atoms with Crippen LogP contribution in [-0.2, 0) is 6.54 Å². The van der Waals surface area contributed by atoms with Gasteiger partial charge < -0.3 is 9.55 Å². The number of imidazole rings is 1. The average molecular weight is 333 g/mol. The minimum absolute atomic E-state index is 0.563. The molecule has 0 unspecified atom stereocenters. The van der Waals surface area contributed by atoms with Gasteiger partial charge in [-0.25, -0.2) is 4.98 Å². The SMILES string of the molecule is Clc1cccc2c1CN=C(c1ccc3nc[nH]c3c1)c1cccn1-2. The monoisotopic (exact) mass is 332 g/mol. The molecule has 5 rings (SSSR count). The van der Waals surface area contributed by atoms with Gasteiger partial charge in [-0.15, -0.1) is 0 Å². The number of fused-ring (bicyclic) bond motifs is 4. The molecule has 1 N–H and O–H groups in total. The first-order chi connectivity index (χ1) is 11.8. The molecule has 0 spiro atoms. The third-order valence-electron chi connectivity index (χ3n) is 4.43. The van der Waals surface area contributed by atoms with E-state index in [2.05, 4.69) is 45.0 Å². The zero-order valence-corrected chi connectivity index (χ0v) is 13.5. The van der Waals surface area contributed by atoms with E-state index in [1.165, 1.54) is 0 Å². The maximum Gasteiger partial charge on any atom is 0.0931 e. The molecule has 116 valence electrons. The summed E-state index contributed by atoms with van der Waals surface area (Å²) in [5.41, 5.74) is 7.19. The smallest absolute Gasteiger partial charge is 0.0931 e. The molecule has 0 saturated heterocycles. The first-order valence-corrected chi connectivity index (χ1v) is 8.12. The fraction of sp³-hybridized carbons (Fsp3) is 0.0526. The molecule has 4 aromatic rings. The number of rotatable bonds is 1. The molecular weight excluding hydrogens is 320 g/mol. The van der Waals surface area contributed by atoms with Crippen LogP contribution >= 0.6 is 11.6 Å². The summed E-state index contributed by atoms with van der Waals surface area (Å²) in [6, 6.07) is 16.3. The second-order valence-corrected chi connectivity index (χ2v) is 6.21. The summed E-state index contributed by atoms with van der Waals surface area (Å²) < 4.78 is 2.16. The van der Waals surface area contributed by atoms with E-state index in [-0.39, 0.29) is 0 Å². The lowest BCUT2D eigenvalue weighted by Crippen LogP contribution is -2.08. The number of nitrogens with zero attached hydrogens (tertiary/aromatic N) is 3. The minimum atomic E-state index is 0.563. The van der Waals surface area contributed by atoms with Crippen LogP contribution in [0.25, 0.3) is 16.7 Å². The normalized spacial score (nSPS) is 13.3. The van der Waals surface area contributed by atoms with E-state index in [1.807, 2.05) is 24.3 Å². The van der Waals surface area contributed by atoms with Gasteiger partial charge in [-0.3, -0.25) is 4.99 Å². The Labute approximate surface area is 143 Å². The van der Waals surface area contributed by atoms with Gasteiger partial charge in [0, 0.05) is 22.3 Å². The van der Waals surface area contributed by atoms with Crippen LogP contribution in [-0.4, -0.2) is 20.2 Å². The molecule has 0 bridgehead atoms. The number of hydrogen-bond acceptors (Lipinski definition) is 2. The largest absolute Gasteiger partial charge is 0.345 e. The molecule has 0 fully saturated rings. The van der Waals surface area contributed by atoms with Crippen molar-refractivity contribution in [2.45, 2.75) is 6.54 Å². The third-order valence-corrected chi connectivity index (χ3v) is 4.79. The van der Waals surface area contributed by atoms with Gasteiger partial charge in [0.15, 0.2) is 0 Å². The van der Waals surface area contributed by atoms with Crippen LogP contribution in [0.2, 0.25) is 5.02 Å². The molecule has 0 aliphatic carbocycles. The fourth-order valence-electron chi connectivity index (χ4n) is 3.27. The maximum atomic E-state index is 6.41. The summed E-state index contributed by atoms with van der Waals surface area (Å²) in [6.07, 6.45) is 3.77. The van der Waals surface area contributed by atoms with Crippen LogP contribution in [0.3, 0.4) is 0 Å². The fourth-order valence-corrected chi connectivity index (χ4v) is 3.50. The first-order valence-electron chi connectivity index (χ1n) is 7.75. The molecule has 5 heteroatoms. The molecule has 0 amide bonds. The molecule has 0 radical (unpaired) electrons. The van der Waals surface area contributed by atoms with Crippen molar-refractivity contribution in [1.82, 2.24) is 14.5 Å². The second kappa shape index (κ2) is 5.08. The Bertz CT molecular complexity index is 1100. The Hall–Kier alpha value is -2.85. The maximum absolute atomic E-state index is 6.41. The van der Waals surface area contributed by atoms with Crippen molar-refractivity contribution < 1.29 is 0 Å². The van der Waals surface area contributed by atoms with Gasteiger partial charge in [-0.1, -0.05) is 23.7 Å². The van der Waals surface area contributed by atoms with E-state index < -0.39 is 0 Å². The van der Waals surface area contributed by atoms with Gasteiger partial charge >= 0.3 is 0 Å². The van der Waals surface area contributed by atoms with E-state index >= 15 is 0 Å². The topological polar surface area (TPSA) is 46.0 Å². The minimum Gasteiger partial charge on any atom is -0.345 e. The highest BCUT2D eigenvalue weighted by Crippen LogP contribution is 2.30. The average Bonchev–Trinajstić information content (AvgIpc) is 3.22. The second-order valence-electron chi connectivity index (χ2n) is 5.80. The van der Waals surface area contributed by atoms with Crippen molar-refractivity contribution in [1.29, 1.82) is 0 Å². The third kappa shape index (κ3) is 1.93. The van der Waals surface area contributed by atoms with Crippen molar-refractivity contribution in [3.05, 3.63) is 82.9 Å². The van der Waals surface area contributed by atoms with Crippen LogP contribution in [0.15, 0.2) is 66.0 Å². The number of benzene rings is 2. The lowest BCUT2D eigenvalue weighted by atomic mass is 10.1. The van der Waals surface area contributed by atoms with E-state index in [1.54, 1.807) is 6.33 Å². The van der Waals surface area contributed by atoms with E-state index in [0.29, 0.717) is 6.54 Å². The highest BCUT2D eigenvalue weighted by molar-refractivity contribution is 6.31. The standard InChI is InChI=1S/C19H13ClN4/c20-14-3-1-4-17-13(14)10-21-19(18-5-2-8-24(17)18)12-6-7-15-16(9-12)23-11-22-15/h1-9,11H,10H2,(H,22,23). The number of halogens is 1. The first kappa shape index (κ1) is 13.6. The quantitative estimate of drug-likeness (QED) is 0.553. The molecule has 0 atom stereocenters. The summed E-state index contributed by atoms with van der Waals surface area (Å²) >= 11 is 6.41. The van der Waals surface area contributed by atoms with Gasteiger partial charge in [0.05, 0.1) is 41.0 Å². The number of aromatic nitrogens is 3. The highest BCUT2D eigenvalue weighted by atomic mass is 35.5. The number of aliphatic imine (C=N–C) groups is 1. The lowest BCUT2D eigenvalue weighted by molar-refractivity contribution is 1.02. The Morgan fingerprint density at radius 3 is 3.00 bits per heavy atom. The van der Waals surface area contributed by atoms with Gasteiger partial charge in [-0.05, 0) is 36.4 Å². The predicted octanol–water partition coefficient (Wildman–Crippen LogP) is 4.36. The Balaban J connectivity index is 1.75. The van der Waals surface area contributed by atoms with Gasteiger partial charge in [0.25, 0.3) is 0 Å². The van der Waals surface area contributed by atoms with Crippen LogP contribution in [0.1, 0.15) is 16.8 Å². The summed E-state index contributed by atoms with van der Waals surface area (Å²) in [6.45, 7) is 0.563. The molecule has 2 aromatic carbocycles. The summed E-state index contributed by atoms with van der Waals surface area (Å²) in [7, 11) is 0. The van der Waals surface area contributed by atoms with E-state index in [9.17, 15) is 0 Å². The predicted molar refractivity (Wildman–Crippen MR) is 96.2 cm³/mol. The molecule has 1 aliphatic rings. The molecular formula is C19H13ClN4. The summed E-state index contributed by atoms with van der Waals surface area (Å²) in [5, 5.41) is 0.751. The molecule has 24 heavy (non-hydrogen) atoms. The zero-order chi connectivity index (χ0) is 16.1.